The number of anilines is 1. The Kier molecular flexibility index (Phi) is 6.84. The van der Waals surface area contributed by atoms with E-state index in [1.54, 1.807) is 6.92 Å². The number of hydrogen-bond donors (Lipinski definition) is 1. The van der Waals surface area contributed by atoms with Crippen LogP contribution < -0.4 is 10.2 Å². The van der Waals surface area contributed by atoms with Crippen LogP contribution in [0.25, 0.3) is 0 Å². The topological polar surface area (TPSA) is 72.3 Å². The summed E-state index contributed by atoms with van der Waals surface area (Å²) in [5.41, 5.74) is 0.242. The Bertz CT molecular complexity index is 826. The maximum atomic E-state index is 13.8. The standard InChI is InChI=1S/C18H23F2N5O2S/c1-3-25-17(24-6-8-27-9-7-24)22-23-18(25)28-11-16(26)21-12(2)14-5-4-13(19)10-15(14)20/h4-5,10,12H,3,6-9,11H2,1-2H3,(H,21,26)/t12-/m1/s1. The van der Waals surface area contributed by atoms with Gasteiger partial charge in [0.2, 0.25) is 11.9 Å². The van der Waals surface area contributed by atoms with Gasteiger partial charge in [0.1, 0.15) is 11.6 Å². The fourth-order valence-electron chi connectivity index (χ4n) is 3.01. The maximum absolute atomic E-state index is 13.8. The number of nitrogens with one attached hydrogen (secondary N) is 1. The average Bonchev–Trinajstić information content (AvgIpc) is 3.09. The van der Waals surface area contributed by atoms with E-state index < -0.39 is 17.7 Å². The highest BCUT2D eigenvalue weighted by atomic mass is 32.2. The maximum Gasteiger partial charge on any atom is 0.230 e. The smallest absolute Gasteiger partial charge is 0.230 e. The van der Waals surface area contributed by atoms with Gasteiger partial charge in [0.05, 0.1) is 25.0 Å². The highest BCUT2D eigenvalue weighted by Gasteiger charge is 2.21. The summed E-state index contributed by atoms with van der Waals surface area (Å²) >= 11 is 1.27. The van der Waals surface area contributed by atoms with E-state index in [2.05, 4.69) is 20.4 Å². The van der Waals surface area contributed by atoms with E-state index in [-0.39, 0.29) is 17.2 Å². The molecule has 1 N–H and O–H groups in total. The zero-order chi connectivity index (χ0) is 20.1. The van der Waals surface area contributed by atoms with E-state index in [9.17, 15) is 13.6 Å². The lowest BCUT2D eigenvalue weighted by atomic mass is 10.1. The first-order valence-electron chi connectivity index (χ1n) is 9.12. The van der Waals surface area contributed by atoms with Crippen molar-refractivity contribution in [2.24, 2.45) is 0 Å². The van der Waals surface area contributed by atoms with E-state index in [1.165, 1.54) is 23.9 Å². The van der Waals surface area contributed by atoms with E-state index in [0.29, 0.717) is 24.9 Å². The van der Waals surface area contributed by atoms with Gasteiger partial charge in [-0.25, -0.2) is 8.78 Å². The van der Waals surface area contributed by atoms with Crippen LogP contribution in [-0.2, 0) is 16.1 Å². The third kappa shape index (κ3) is 4.79. The number of benzene rings is 1. The summed E-state index contributed by atoms with van der Waals surface area (Å²) in [6.07, 6.45) is 0. The van der Waals surface area contributed by atoms with Gasteiger partial charge in [0.25, 0.3) is 0 Å². The molecule has 1 aromatic carbocycles. The average molecular weight is 411 g/mol. The van der Waals surface area contributed by atoms with Gasteiger partial charge in [-0.15, -0.1) is 10.2 Å². The van der Waals surface area contributed by atoms with Gasteiger partial charge < -0.3 is 15.0 Å². The monoisotopic (exact) mass is 411 g/mol. The Balaban J connectivity index is 1.59. The van der Waals surface area contributed by atoms with Crippen molar-refractivity contribution in [3.8, 4) is 0 Å². The Labute approximate surface area is 166 Å². The van der Waals surface area contributed by atoms with Crippen LogP contribution in [0.4, 0.5) is 14.7 Å². The van der Waals surface area contributed by atoms with Crippen LogP contribution in [0.2, 0.25) is 0 Å². The van der Waals surface area contributed by atoms with E-state index >= 15 is 0 Å². The number of thioether (sulfide) groups is 1. The molecule has 2 aromatic rings. The molecular formula is C18H23F2N5O2S. The number of carbonyl (C=O) groups is 1. The molecule has 1 aliphatic heterocycles. The van der Waals surface area contributed by atoms with Gasteiger partial charge in [-0.1, -0.05) is 17.8 Å². The lowest BCUT2D eigenvalue weighted by Crippen LogP contribution is -2.38. The lowest BCUT2D eigenvalue weighted by molar-refractivity contribution is -0.119. The minimum Gasteiger partial charge on any atom is -0.378 e. The molecule has 1 aromatic heterocycles. The predicted molar refractivity (Wildman–Crippen MR) is 102 cm³/mol. The number of rotatable bonds is 7. The van der Waals surface area contributed by atoms with Gasteiger partial charge in [0.15, 0.2) is 5.16 Å². The predicted octanol–water partition coefficient (Wildman–Crippen LogP) is 2.38. The minimum absolute atomic E-state index is 0.119. The molecule has 1 fully saturated rings. The summed E-state index contributed by atoms with van der Waals surface area (Å²) in [5, 5.41) is 11.9. The minimum atomic E-state index is -0.679. The van der Waals surface area contributed by atoms with Gasteiger partial charge in [-0.3, -0.25) is 9.36 Å². The molecule has 0 saturated carbocycles. The van der Waals surface area contributed by atoms with Crippen LogP contribution >= 0.6 is 11.8 Å². The molecule has 0 radical (unpaired) electrons. The number of aromatic nitrogens is 3. The molecule has 1 aliphatic rings. The lowest BCUT2D eigenvalue weighted by Gasteiger charge is -2.27. The van der Waals surface area contributed by atoms with Crippen LogP contribution in [0.1, 0.15) is 25.5 Å². The van der Waals surface area contributed by atoms with Crippen LogP contribution in [-0.4, -0.2) is 52.7 Å². The van der Waals surface area contributed by atoms with Crippen LogP contribution in [0.3, 0.4) is 0 Å². The van der Waals surface area contributed by atoms with Crippen molar-refractivity contribution in [3.05, 3.63) is 35.4 Å². The van der Waals surface area contributed by atoms with Crippen molar-refractivity contribution in [2.75, 3.05) is 37.0 Å². The Morgan fingerprint density at radius 3 is 2.75 bits per heavy atom. The van der Waals surface area contributed by atoms with Crippen molar-refractivity contribution in [3.63, 3.8) is 0 Å². The number of nitrogens with zero attached hydrogens (tertiary/aromatic N) is 4. The van der Waals surface area contributed by atoms with Crippen molar-refractivity contribution >= 4 is 23.6 Å². The summed E-state index contributed by atoms with van der Waals surface area (Å²) in [6, 6.07) is 2.75. The molecular weight excluding hydrogens is 388 g/mol. The Morgan fingerprint density at radius 1 is 1.32 bits per heavy atom. The summed E-state index contributed by atoms with van der Waals surface area (Å²) in [5.74, 6) is -0.698. The van der Waals surface area contributed by atoms with Gasteiger partial charge >= 0.3 is 0 Å². The highest BCUT2D eigenvalue weighted by Crippen LogP contribution is 2.23. The second-order valence-electron chi connectivity index (χ2n) is 6.37. The SMILES string of the molecule is CCn1c(SCC(=O)N[C@H](C)c2ccc(F)cc2F)nnc1N1CCOCC1. The number of halogens is 2. The second kappa shape index (κ2) is 9.33. The molecule has 28 heavy (non-hydrogen) atoms. The molecule has 7 nitrogen and oxygen atoms in total. The third-order valence-electron chi connectivity index (χ3n) is 4.45. The van der Waals surface area contributed by atoms with Crippen LogP contribution in [0.15, 0.2) is 23.4 Å². The zero-order valence-corrected chi connectivity index (χ0v) is 16.6. The van der Waals surface area contributed by atoms with E-state index in [1.807, 2.05) is 11.5 Å². The third-order valence-corrected chi connectivity index (χ3v) is 5.41. The first-order valence-corrected chi connectivity index (χ1v) is 10.1. The summed E-state index contributed by atoms with van der Waals surface area (Å²) in [6.45, 7) is 7.15. The fourth-order valence-corrected chi connectivity index (χ4v) is 3.81. The first-order chi connectivity index (χ1) is 13.5. The number of morpholine rings is 1. The number of ether oxygens (including phenoxy) is 1. The van der Waals surface area contributed by atoms with Crippen molar-refractivity contribution < 1.29 is 18.3 Å². The summed E-state index contributed by atoms with van der Waals surface area (Å²) in [4.78, 5) is 14.4. The van der Waals surface area contributed by atoms with Gasteiger partial charge in [-0.2, -0.15) is 0 Å². The summed E-state index contributed by atoms with van der Waals surface area (Å²) in [7, 11) is 0. The van der Waals surface area contributed by atoms with Crippen molar-refractivity contribution in [1.29, 1.82) is 0 Å². The molecule has 3 rings (SSSR count). The van der Waals surface area contributed by atoms with Crippen molar-refractivity contribution in [1.82, 2.24) is 20.1 Å². The van der Waals surface area contributed by atoms with Crippen LogP contribution in [0, 0.1) is 11.6 Å². The first kappa shape index (κ1) is 20.5. The van der Waals surface area contributed by atoms with Crippen molar-refractivity contribution in [2.45, 2.75) is 31.6 Å². The fraction of sp³-hybridized carbons (Fsp3) is 0.500. The summed E-state index contributed by atoms with van der Waals surface area (Å²) < 4.78 is 34.2. The quantitative estimate of drug-likeness (QED) is 0.706. The molecule has 0 unspecified atom stereocenters. The van der Waals surface area contributed by atoms with Gasteiger partial charge in [0, 0.05) is 31.3 Å². The Hall–Kier alpha value is -2.20. The molecule has 0 bridgehead atoms. The van der Waals surface area contributed by atoms with Crippen LogP contribution in [0.5, 0.6) is 0 Å². The largest absolute Gasteiger partial charge is 0.378 e. The normalized spacial score (nSPS) is 15.5. The molecule has 10 heteroatoms. The zero-order valence-electron chi connectivity index (χ0n) is 15.8. The second-order valence-corrected chi connectivity index (χ2v) is 7.31. The molecule has 1 saturated heterocycles. The molecule has 0 aliphatic carbocycles. The molecule has 152 valence electrons. The molecule has 1 amide bonds. The number of carbonyl (C=O) groups excluding carboxylic acids is 1. The number of hydrogen-bond acceptors (Lipinski definition) is 6. The molecule has 1 atom stereocenters. The molecule has 2 heterocycles. The highest BCUT2D eigenvalue weighted by molar-refractivity contribution is 7.99. The van der Waals surface area contributed by atoms with E-state index in [4.69, 9.17) is 4.74 Å². The number of amides is 1. The van der Waals surface area contributed by atoms with Gasteiger partial charge in [-0.05, 0) is 19.9 Å². The Morgan fingerprint density at radius 2 is 2.07 bits per heavy atom. The van der Waals surface area contributed by atoms with E-state index in [0.717, 1.165) is 25.1 Å². The molecule has 0 spiro atoms.